The Morgan fingerprint density at radius 3 is 1.57 bits per heavy atom. The second kappa shape index (κ2) is 41.0. The molecule has 14 nitrogen and oxygen atoms in total. The molecule has 1 fully saturated rings. The Bertz CT molecular complexity index is 1660. The lowest BCUT2D eigenvalue weighted by molar-refractivity contribution is -0.220. The number of esters is 2. The third-order valence-electron chi connectivity index (χ3n) is 10.4. The minimum atomic E-state index is -5.16. The van der Waals surface area contributed by atoms with Crippen LogP contribution in [0.4, 0.5) is 0 Å². The Morgan fingerprint density at radius 1 is 0.529 bits per heavy atom. The number of aliphatic hydroxyl groups is 6. The molecule has 1 saturated carbocycles. The van der Waals surface area contributed by atoms with Gasteiger partial charge in [0.1, 0.15) is 43.2 Å². The fourth-order valence-corrected chi connectivity index (χ4v) is 7.48. The van der Waals surface area contributed by atoms with Crippen molar-refractivity contribution in [3.63, 3.8) is 0 Å². The van der Waals surface area contributed by atoms with Crippen molar-refractivity contribution in [1.82, 2.24) is 0 Å². The molecule has 0 aromatic heterocycles. The maximum atomic E-state index is 12.8. The standard InChI is InChI=1S/C53H83O14P/c1-3-5-7-8-9-10-11-12-13-14-15-16-17-20-24-27-30-33-37-41-47(56)66-45(43-65-68(62,63)67-53-51(60)49(58)48(57)50(59)52(53)61)42-64-46(55)40-36-32-29-26-23-21-18-19-22-25-28-31-35-39-44(54)38-34-6-4-2/h5-7,9-10,12-13,15-16,19,21-23,28-29,31-32,34-35,39,44-45,48-54,57-61H,3-4,8,11,14,17-18,20,24-27,30,33,36-38,40-43H2,1-2H3,(H,62,63)/b7-5-,10-9-,13-12-,16-15-,22-19-,23-21-,31-28+,32-29-,34-6-,39-35+/t44?,45-,48?,49-,50+,51-,52-,53?/m1/s1. The number of ether oxygens (including phenoxy) is 2. The lowest BCUT2D eigenvalue weighted by Gasteiger charge is -2.41. The molecule has 15 heteroatoms. The highest BCUT2D eigenvalue weighted by Crippen LogP contribution is 2.47. The first kappa shape index (κ1) is 62.2. The first-order valence-corrected chi connectivity index (χ1v) is 25.9. The van der Waals surface area contributed by atoms with Crippen molar-refractivity contribution < 1.29 is 68.2 Å². The predicted molar refractivity (Wildman–Crippen MR) is 268 cm³/mol. The van der Waals surface area contributed by atoms with Crippen LogP contribution < -0.4 is 0 Å². The van der Waals surface area contributed by atoms with Crippen LogP contribution in [0.3, 0.4) is 0 Å². The van der Waals surface area contributed by atoms with Gasteiger partial charge < -0.3 is 45.0 Å². The van der Waals surface area contributed by atoms with Crippen molar-refractivity contribution >= 4 is 19.8 Å². The number of carbonyl (C=O) groups is 2. The van der Waals surface area contributed by atoms with E-state index in [1.54, 1.807) is 6.08 Å². The third-order valence-corrected chi connectivity index (χ3v) is 11.4. The molecule has 0 amide bonds. The summed E-state index contributed by atoms with van der Waals surface area (Å²) in [5.74, 6) is -1.25. The van der Waals surface area contributed by atoms with Gasteiger partial charge in [0.25, 0.3) is 0 Å². The number of carbonyl (C=O) groups excluding carboxylic acids is 2. The van der Waals surface area contributed by atoms with Crippen LogP contribution in [0.1, 0.15) is 136 Å². The molecule has 1 aliphatic carbocycles. The number of phosphoric acid groups is 1. The van der Waals surface area contributed by atoms with E-state index in [0.717, 1.165) is 83.5 Å². The Hall–Kier alpha value is -3.79. The summed E-state index contributed by atoms with van der Waals surface area (Å²) in [5, 5.41) is 60.1. The second-order valence-corrected chi connectivity index (χ2v) is 17.8. The van der Waals surface area contributed by atoms with E-state index in [4.69, 9.17) is 18.5 Å². The number of rotatable bonds is 38. The van der Waals surface area contributed by atoms with Crippen LogP contribution >= 0.6 is 7.82 Å². The highest BCUT2D eigenvalue weighted by Gasteiger charge is 2.51. The maximum Gasteiger partial charge on any atom is 0.472 e. The molecule has 0 aromatic rings. The van der Waals surface area contributed by atoms with Gasteiger partial charge in [-0.15, -0.1) is 0 Å². The normalized spacial score (nSPS) is 22.5. The van der Waals surface area contributed by atoms with Gasteiger partial charge in [-0.25, -0.2) is 4.57 Å². The minimum Gasteiger partial charge on any atom is -0.462 e. The molecule has 0 aromatic carbocycles. The van der Waals surface area contributed by atoms with Crippen LogP contribution in [0, 0.1) is 0 Å². The summed E-state index contributed by atoms with van der Waals surface area (Å²) >= 11 is 0. The highest BCUT2D eigenvalue weighted by molar-refractivity contribution is 7.47. The van der Waals surface area contributed by atoms with E-state index in [2.05, 4.69) is 74.6 Å². The van der Waals surface area contributed by atoms with Crippen LogP contribution in [-0.2, 0) is 32.7 Å². The van der Waals surface area contributed by atoms with Gasteiger partial charge in [0.05, 0.1) is 12.7 Å². The molecule has 0 bridgehead atoms. The lowest BCUT2D eigenvalue weighted by Crippen LogP contribution is -2.64. The third kappa shape index (κ3) is 32.9. The van der Waals surface area contributed by atoms with Crippen molar-refractivity contribution in [3.05, 3.63) is 122 Å². The number of hydrogen-bond acceptors (Lipinski definition) is 13. The molecule has 0 spiro atoms. The fourth-order valence-electron chi connectivity index (χ4n) is 6.50. The van der Waals surface area contributed by atoms with Crippen LogP contribution in [0.15, 0.2) is 122 Å². The van der Waals surface area contributed by atoms with Crippen LogP contribution in [0.25, 0.3) is 0 Å². The molecule has 0 aliphatic heterocycles. The molecule has 384 valence electrons. The number of hydrogen-bond donors (Lipinski definition) is 7. The Balaban J connectivity index is 2.52. The van der Waals surface area contributed by atoms with Crippen molar-refractivity contribution in [2.45, 2.75) is 185 Å². The van der Waals surface area contributed by atoms with Crippen molar-refractivity contribution in [2.24, 2.45) is 0 Å². The summed E-state index contributed by atoms with van der Waals surface area (Å²) in [6.07, 6.45) is 41.5. The van der Waals surface area contributed by atoms with Gasteiger partial charge >= 0.3 is 19.8 Å². The summed E-state index contributed by atoms with van der Waals surface area (Å²) in [6, 6.07) is 0. The van der Waals surface area contributed by atoms with Crippen LogP contribution in [-0.4, -0.2) is 110 Å². The topological polar surface area (TPSA) is 230 Å². The van der Waals surface area contributed by atoms with E-state index in [0.29, 0.717) is 25.7 Å². The van der Waals surface area contributed by atoms with Gasteiger partial charge in [0.2, 0.25) is 0 Å². The van der Waals surface area contributed by atoms with E-state index in [1.165, 1.54) is 0 Å². The molecule has 1 rings (SSSR count). The molecule has 7 N–H and O–H groups in total. The maximum absolute atomic E-state index is 12.8. The van der Waals surface area contributed by atoms with Crippen LogP contribution in [0.2, 0.25) is 0 Å². The zero-order chi connectivity index (χ0) is 50.1. The van der Waals surface area contributed by atoms with Crippen molar-refractivity contribution in [1.29, 1.82) is 0 Å². The number of aliphatic hydroxyl groups excluding tert-OH is 6. The summed E-state index contributed by atoms with van der Waals surface area (Å²) in [6.45, 7) is 2.89. The SMILES string of the molecule is CC/C=C\C/C=C\C/C=C\C/C=C\CCCCCCCCC(=O)O[C@H](COC(=O)CC/C=C\C/C=C\C/C=C\C/C=C/C=C/C(O)C/C=C\CC)COP(=O)(O)OC1[C@H](O)[C@H](O)C(O)[C@H](O)[C@H]1O. The Morgan fingerprint density at radius 2 is 1.00 bits per heavy atom. The predicted octanol–water partition coefficient (Wildman–Crippen LogP) is 9.14. The lowest BCUT2D eigenvalue weighted by atomic mass is 9.85. The first-order valence-electron chi connectivity index (χ1n) is 24.4. The van der Waals surface area contributed by atoms with Gasteiger partial charge in [-0.1, -0.05) is 161 Å². The summed E-state index contributed by atoms with van der Waals surface area (Å²) < 4.78 is 33.5. The average molecular weight is 975 g/mol. The summed E-state index contributed by atoms with van der Waals surface area (Å²) in [5.41, 5.74) is 0. The Labute approximate surface area is 406 Å². The molecule has 0 radical (unpaired) electrons. The highest BCUT2D eigenvalue weighted by atomic mass is 31.2. The smallest absolute Gasteiger partial charge is 0.462 e. The van der Waals surface area contributed by atoms with Crippen molar-refractivity contribution in [3.8, 4) is 0 Å². The van der Waals surface area contributed by atoms with E-state index in [1.807, 2.05) is 54.7 Å². The summed E-state index contributed by atoms with van der Waals surface area (Å²) in [7, 11) is -5.16. The monoisotopic (exact) mass is 975 g/mol. The van der Waals surface area contributed by atoms with Gasteiger partial charge in [-0.2, -0.15) is 0 Å². The van der Waals surface area contributed by atoms with E-state index in [9.17, 15) is 49.7 Å². The van der Waals surface area contributed by atoms with Crippen molar-refractivity contribution in [2.75, 3.05) is 13.2 Å². The van der Waals surface area contributed by atoms with Gasteiger partial charge in [0, 0.05) is 12.8 Å². The number of unbranched alkanes of at least 4 members (excludes halogenated alkanes) is 6. The van der Waals surface area contributed by atoms with Crippen LogP contribution in [0.5, 0.6) is 0 Å². The molecule has 68 heavy (non-hydrogen) atoms. The molecule has 1 aliphatic rings. The van der Waals surface area contributed by atoms with Gasteiger partial charge in [0.15, 0.2) is 6.10 Å². The largest absolute Gasteiger partial charge is 0.472 e. The quantitative estimate of drug-likeness (QED) is 0.0101. The zero-order valence-electron chi connectivity index (χ0n) is 40.5. The zero-order valence-corrected chi connectivity index (χ0v) is 41.3. The molecule has 4 unspecified atom stereocenters. The molecule has 0 heterocycles. The molecule has 9 atom stereocenters. The van der Waals surface area contributed by atoms with Gasteiger partial charge in [-0.3, -0.25) is 18.6 Å². The second-order valence-electron chi connectivity index (χ2n) is 16.4. The van der Waals surface area contributed by atoms with E-state index >= 15 is 0 Å². The molecular formula is C53H83O14P. The summed E-state index contributed by atoms with van der Waals surface area (Å²) in [4.78, 5) is 35.8. The minimum absolute atomic E-state index is 0.0149. The number of phosphoric ester groups is 1. The molecule has 0 saturated heterocycles. The van der Waals surface area contributed by atoms with E-state index in [-0.39, 0.29) is 12.8 Å². The number of allylic oxidation sites excluding steroid dienone is 18. The average Bonchev–Trinajstić information content (AvgIpc) is 3.32. The first-order chi connectivity index (χ1) is 32.8. The van der Waals surface area contributed by atoms with Gasteiger partial charge in [-0.05, 0) is 83.5 Å². The molecular weight excluding hydrogens is 892 g/mol. The Kier molecular flexibility index (Phi) is 37.6. The fraction of sp³-hybridized carbons (Fsp3) is 0.585. The van der Waals surface area contributed by atoms with E-state index < -0.39 is 81.8 Å².